The summed E-state index contributed by atoms with van der Waals surface area (Å²) in [5.74, 6) is 1.53. The van der Waals surface area contributed by atoms with Crippen LogP contribution < -0.4 is 15.2 Å². The normalized spacial score (nSPS) is 20.3. The molecule has 0 bridgehead atoms. The Balaban J connectivity index is 2.18. The van der Waals surface area contributed by atoms with Gasteiger partial charge in [-0.1, -0.05) is 6.07 Å². The lowest BCUT2D eigenvalue weighted by molar-refractivity contribution is 0.0899. The van der Waals surface area contributed by atoms with Gasteiger partial charge in [-0.05, 0) is 44.4 Å². The van der Waals surface area contributed by atoms with Crippen LogP contribution in [-0.4, -0.2) is 25.9 Å². The van der Waals surface area contributed by atoms with Gasteiger partial charge in [-0.25, -0.2) is 0 Å². The van der Waals surface area contributed by atoms with Gasteiger partial charge >= 0.3 is 0 Å². The molecule has 1 heterocycles. The first-order valence-corrected chi connectivity index (χ1v) is 7.03. The van der Waals surface area contributed by atoms with E-state index in [9.17, 15) is 0 Å². The van der Waals surface area contributed by atoms with Gasteiger partial charge in [0.1, 0.15) is 0 Å². The van der Waals surface area contributed by atoms with E-state index in [1.807, 2.05) is 32.0 Å². The fraction of sp³-hybridized carbons (Fsp3) is 0.600. The van der Waals surface area contributed by atoms with Crippen molar-refractivity contribution in [2.45, 2.75) is 38.8 Å². The number of hydrogen-bond acceptors (Lipinski definition) is 4. The Bertz CT molecular complexity index is 402. The molecule has 1 saturated heterocycles. The summed E-state index contributed by atoms with van der Waals surface area (Å²) >= 11 is 0. The van der Waals surface area contributed by atoms with Crippen LogP contribution in [0.5, 0.6) is 11.5 Å². The number of hydrogen-bond donors (Lipinski definition) is 1. The largest absolute Gasteiger partial charge is 0.490 e. The second-order valence-corrected chi connectivity index (χ2v) is 4.65. The Morgan fingerprint density at radius 2 is 2.00 bits per heavy atom. The van der Waals surface area contributed by atoms with Crippen LogP contribution in [-0.2, 0) is 4.74 Å². The third-order valence-corrected chi connectivity index (χ3v) is 3.32. The molecule has 4 nitrogen and oxygen atoms in total. The summed E-state index contributed by atoms with van der Waals surface area (Å²) < 4.78 is 16.8. The summed E-state index contributed by atoms with van der Waals surface area (Å²) in [6.07, 6.45) is 2.24. The van der Waals surface area contributed by atoms with Crippen molar-refractivity contribution in [3.8, 4) is 11.5 Å². The van der Waals surface area contributed by atoms with Crippen LogP contribution >= 0.6 is 0 Å². The zero-order valence-electron chi connectivity index (χ0n) is 11.7. The molecule has 1 aliphatic heterocycles. The van der Waals surface area contributed by atoms with E-state index in [2.05, 4.69) is 0 Å². The van der Waals surface area contributed by atoms with Gasteiger partial charge in [-0.15, -0.1) is 0 Å². The Hall–Kier alpha value is -1.26. The summed E-state index contributed by atoms with van der Waals surface area (Å²) in [4.78, 5) is 0. The molecule has 0 saturated carbocycles. The fourth-order valence-electron chi connectivity index (χ4n) is 2.38. The first-order chi connectivity index (χ1) is 9.26. The van der Waals surface area contributed by atoms with Crippen molar-refractivity contribution in [3.05, 3.63) is 23.8 Å². The van der Waals surface area contributed by atoms with E-state index in [1.165, 1.54) is 0 Å². The molecular weight excluding hydrogens is 242 g/mol. The lowest BCUT2D eigenvalue weighted by atomic mass is 10.00. The van der Waals surface area contributed by atoms with E-state index in [1.54, 1.807) is 0 Å². The van der Waals surface area contributed by atoms with Crippen molar-refractivity contribution in [2.24, 2.45) is 5.73 Å². The molecule has 1 fully saturated rings. The molecule has 2 N–H and O–H groups in total. The molecular formula is C15H23NO3. The van der Waals surface area contributed by atoms with Crippen LogP contribution in [0, 0.1) is 0 Å². The second-order valence-electron chi connectivity index (χ2n) is 4.65. The summed E-state index contributed by atoms with van der Waals surface area (Å²) in [6, 6.07) is 5.80. The zero-order chi connectivity index (χ0) is 13.7. The topological polar surface area (TPSA) is 53.7 Å². The van der Waals surface area contributed by atoms with Gasteiger partial charge in [0.25, 0.3) is 0 Å². The van der Waals surface area contributed by atoms with Crippen LogP contribution in [0.2, 0.25) is 0 Å². The average molecular weight is 265 g/mol. The van der Waals surface area contributed by atoms with E-state index < -0.39 is 0 Å². The molecule has 1 aromatic carbocycles. The molecule has 0 aromatic heterocycles. The van der Waals surface area contributed by atoms with Gasteiger partial charge in [0.15, 0.2) is 11.5 Å². The highest BCUT2D eigenvalue weighted by Gasteiger charge is 2.24. The van der Waals surface area contributed by atoms with Gasteiger partial charge in [0, 0.05) is 6.61 Å². The van der Waals surface area contributed by atoms with Crippen molar-refractivity contribution < 1.29 is 14.2 Å². The highest BCUT2D eigenvalue weighted by atomic mass is 16.5. The van der Waals surface area contributed by atoms with Gasteiger partial charge in [-0.2, -0.15) is 0 Å². The predicted molar refractivity (Wildman–Crippen MR) is 74.7 cm³/mol. The maximum atomic E-state index is 6.27. The molecule has 0 amide bonds. The van der Waals surface area contributed by atoms with Crippen LogP contribution in [0.25, 0.3) is 0 Å². The predicted octanol–water partition coefficient (Wildman–Crippen LogP) is 2.66. The molecule has 0 aliphatic carbocycles. The first kappa shape index (κ1) is 14.2. The molecule has 2 unspecified atom stereocenters. The van der Waals surface area contributed by atoms with E-state index in [-0.39, 0.29) is 12.1 Å². The highest BCUT2D eigenvalue weighted by molar-refractivity contribution is 5.44. The molecule has 2 rings (SSSR count). The Morgan fingerprint density at radius 1 is 1.26 bits per heavy atom. The maximum Gasteiger partial charge on any atom is 0.161 e. The molecule has 4 heteroatoms. The van der Waals surface area contributed by atoms with Crippen molar-refractivity contribution >= 4 is 0 Å². The van der Waals surface area contributed by atoms with E-state index in [0.29, 0.717) is 13.2 Å². The monoisotopic (exact) mass is 265 g/mol. The lowest BCUT2D eigenvalue weighted by Crippen LogP contribution is -2.25. The van der Waals surface area contributed by atoms with Crippen molar-refractivity contribution in [2.75, 3.05) is 19.8 Å². The van der Waals surface area contributed by atoms with E-state index in [0.717, 1.165) is 36.5 Å². The molecule has 106 valence electrons. The minimum absolute atomic E-state index is 0.0996. The second kappa shape index (κ2) is 6.78. The number of ether oxygens (including phenoxy) is 3. The van der Waals surface area contributed by atoms with Crippen molar-refractivity contribution in [3.63, 3.8) is 0 Å². The van der Waals surface area contributed by atoms with Crippen LogP contribution in [0.15, 0.2) is 18.2 Å². The third-order valence-electron chi connectivity index (χ3n) is 3.32. The first-order valence-electron chi connectivity index (χ1n) is 7.03. The minimum Gasteiger partial charge on any atom is -0.490 e. The van der Waals surface area contributed by atoms with Crippen LogP contribution in [0.1, 0.15) is 38.3 Å². The molecule has 0 spiro atoms. The van der Waals surface area contributed by atoms with Crippen molar-refractivity contribution in [1.29, 1.82) is 0 Å². The van der Waals surface area contributed by atoms with Gasteiger partial charge in [-0.3, -0.25) is 0 Å². The number of benzene rings is 1. The molecule has 1 aromatic rings. The third kappa shape index (κ3) is 3.39. The van der Waals surface area contributed by atoms with Gasteiger partial charge in [0.05, 0.1) is 25.4 Å². The average Bonchev–Trinajstić information content (AvgIpc) is 2.94. The van der Waals surface area contributed by atoms with Crippen LogP contribution in [0.3, 0.4) is 0 Å². The summed E-state index contributed by atoms with van der Waals surface area (Å²) in [6.45, 7) is 5.97. The highest BCUT2D eigenvalue weighted by Crippen LogP contribution is 2.33. The Kier molecular flexibility index (Phi) is 5.05. The zero-order valence-corrected chi connectivity index (χ0v) is 11.7. The van der Waals surface area contributed by atoms with E-state index in [4.69, 9.17) is 19.9 Å². The molecule has 0 radical (unpaired) electrons. The van der Waals surface area contributed by atoms with E-state index >= 15 is 0 Å². The fourth-order valence-corrected chi connectivity index (χ4v) is 2.38. The maximum absolute atomic E-state index is 6.27. The smallest absolute Gasteiger partial charge is 0.161 e. The summed E-state index contributed by atoms with van der Waals surface area (Å²) in [5, 5.41) is 0. The standard InChI is InChI=1S/C15H23NO3/c1-3-17-12-8-7-11(10-14(12)18-4-2)15(16)13-6-5-9-19-13/h7-8,10,13,15H,3-6,9,16H2,1-2H3. The minimum atomic E-state index is -0.0996. The summed E-state index contributed by atoms with van der Waals surface area (Å²) in [7, 11) is 0. The summed E-state index contributed by atoms with van der Waals surface area (Å²) in [5.41, 5.74) is 7.31. The van der Waals surface area contributed by atoms with Gasteiger partial charge in [0.2, 0.25) is 0 Å². The number of nitrogens with two attached hydrogens (primary N) is 1. The molecule has 1 aliphatic rings. The molecule has 2 atom stereocenters. The van der Waals surface area contributed by atoms with Crippen molar-refractivity contribution in [1.82, 2.24) is 0 Å². The SMILES string of the molecule is CCOc1ccc(C(N)C2CCCO2)cc1OCC. The lowest BCUT2D eigenvalue weighted by Gasteiger charge is -2.20. The number of rotatable bonds is 6. The van der Waals surface area contributed by atoms with Gasteiger partial charge < -0.3 is 19.9 Å². The Morgan fingerprint density at radius 3 is 2.63 bits per heavy atom. The quantitative estimate of drug-likeness (QED) is 0.859. The van der Waals surface area contributed by atoms with Crippen LogP contribution in [0.4, 0.5) is 0 Å². The molecule has 19 heavy (non-hydrogen) atoms. The Labute approximate surface area is 114 Å².